The van der Waals surface area contributed by atoms with Gasteiger partial charge in [-0.15, -0.1) is 0 Å². The maximum Gasteiger partial charge on any atom is 0.282 e. The molecule has 1 amide bonds. The fourth-order valence-electron chi connectivity index (χ4n) is 3.89. The highest BCUT2D eigenvalue weighted by Crippen LogP contribution is 2.28. The molecule has 150 valence electrons. The van der Waals surface area contributed by atoms with Crippen LogP contribution in [0.15, 0.2) is 24.3 Å². The Kier molecular flexibility index (Phi) is 6.39. The molecule has 0 unspecified atom stereocenters. The minimum Gasteiger partial charge on any atom is -0.495 e. The van der Waals surface area contributed by atoms with Crippen LogP contribution in [0.2, 0.25) is 0 Å². The predicted octanol–water partition coefficient (Wildman–Crippen LogP) is 2.46. The maximum atomic E-state index is 12.9. The molecule has 8 heteroatoms. The number of anilines is 1. The summed E-state index contributed by atoms with van der Waals surface area (Å²) in [5.74, 6) is 0.341. The Morgan fingerprint density at radius 2 is 1.81 bits per heavy atom. The zero-order chi connectivity index (χ0) is 19.4. The molecule has 2 fully saturated rings. The van der Waals surface area contributed by atoms with Crippen LogP contribution in [0.4, 0.5) is 5.69 Å². The SMILES string of the molecule is COc1ccccc1NC(=O)C1CCN(S(=O)(=O)N2CCCC[C@@H]2C)CC1. The van der Waals surface area contributed by atoms with Gasteiger partial charge in [0, 0.05) is 31.6 Å². The van der Waals surface area contributed by atoms with Crippen LogP contribution in [0, 0.1) is 5.92 Å². The molecular formula is C19H29N3O4S. The van der Waals surface area contributed by atoms with Gasteiger partial charge in [0.1, 0.15) is 5.75 Å². The summed E-state index contributed by atoms with van der Waals surface area (Å²) in [6, 6.07) is 7.33. The number of hydrogen-bond acceptors (Lipinski definition) is 4. The van der Waals surface area contributed by atoms with Crippen LogP contribution in [-0.2, 0) is 15.0 Å². The Bertz CT molecular complexity index is 760. The number of hydrogen-bond donors (Lipinski definition) is 1. The number of piperidine rings is 2. The molecular weight excluding hydrogens is 366 g/mol. The molecule has 2 saturated heterocycles. The molecule has 1 N–H and O–H groups in total. The molecule has 1 aromatic rings. The third kappa shape index (κ3) is 4.44. The molecule has 0 spiro atoms. The largest absolute Gasteiger partial charge is 0.495 e. The molecule has 2 aliphatic heterocycles. The molecule has 1 atom stereocenters. The quantitative estimate of drug-likeness (QED) is 0.831. The topological polar surface area (TPSA) is 79.0 Å². The van der Waals surface area contributed by atoms with Crippen molar-refractivity contribution in [2.75, 3.05) is 32.1 Å². The summed E-state index contributed by atoms with van der Waals surface area (Å²) in [7, 11) is -1.87. The zero-order valence-electron chi connectivity index (χ0n) is 16.1. The van der Waals surface area contributed by atoms with Gasteiger partial charge in [0.05, 0.1) is 12.8 Å². The highest BCUT2D eigenvalue weighted by Gasteiger charge is 2.37. The minimum atomic E-state index is -3.44. The molecule has 0 bridgehead atoms. The highest BCUT2D eigenvalue weighted by atomic mass is 32.2. The fraction of sp³-hybridized carbons (Fsp3) is 0.632. The fourth-order valence-corrected chi connectivity index (χ4v) is 5.78. The normalized spacial score (nSPS) is 23.1. The van der Waals surface area contributed by atoms with Gasteiger partial charge < -0.3 is 10.1 Å². The van der Waals surface area contributed by atoms with E-state index in [-0.39, 0.29) is 17.9 Å². The standard InChI is InChI=1S/C19H29N3O4S/c1-15-7-5-6-12-22(15)27(24,25)21-13-10-16(11-14-21)19(23)20-17-8-3-4-9-18(17)26-2/h3-4,8-9,15-16H,5-7,10-14H2,1-2H3,(H,20,23)/t15-/m0/s1. The molecule has 27 heavy (non-hydrogen) atoms. The van der Waals surface area contributed by atoms with E-state index in [9.17, 15) is 13.2 Å². The molecule has 7 nitrogen and oxygen atoms in total. The number of ether oxygens (including phenoxy) is 1. The maximum absolute atomic E-state index is 12.9. The van der Waals surface area contributed by atoms with E-state index in [2.05, 4.69) is 5.32 Å². The molecule has 2 aliphatic rings. The van der Waals surface area contributed by atoms with E-state index in [1.165, 1.54) is 0 Å². The minimum absolute atomic E-state index is 0.0512. The number of carbonyl (C=O) groups excluding carboxylic acids is 1. The number of para-hydroxylation sites is 2. The van der Waals surface area contributed by atoms with Gasteiger partial charge in [0.15, 0.2) is 0 Å². The Hall–Kier alpha value is -1.64. The molecule has 0 radical (unpaired) electrons. The Morgan fingerprint density at radius 3 is 2.48 bits per heavy atom. The van der Waals surface area contributed by atoms with Crippen molar-refractivity contribution in [3.63, 3.8) is 0 Å². The Morgan fingerprint density at radius 1 is 1.11 bits per heavy atom. The van der Waals surface area contributed by atoms with Gasteiger partial charge in [0.2, 0.25) is 5.91 Å². The first-order valence-electron chi connectivity index (χ1n) is 9.64. The van der Waals surface area contributed by atoms with E-state index in [0.717, 1.165) is 19.3 Å². The van der Waals surface area contributed by atoms with Crippen molar-refractivity contribution in [2.45, 2.75) is 45.1 Å². The van der Waals surface area contributed by atoms with Crippen LogP contribution in [0.1, 0.15) is 39.0 Å². The smallest absolute Gasteiger partial charge is 0.282 e. The third-order valence-electron chi connectivity index (χ3n) is 5.55. The lowest BCUT2D eigenvalue weighted by Crippen LogP contribution is -2.52. The van der Waals surface area contributed by atoms with Crippen molar-refractivity contribution >= 4 is 21.8 Å². The number of rotatable bonds is 5. The van der Waals surface area contributed by atoms with E-state index < -0.39 is 10.2 Å². The molecule has 0 saturated carbocycles. The number of carbonyl (C=O) groups is 1. The van der Waals surface area contributed by atoms with Crippen LogP contribution in [-0.4, -0.2) is 55.7 Å². The second-order valence-electron chi connectivity index (χ2n) is 7.33. The van der Waals surface area contributed by atoms with Gasteiger partial charge >= 0.3 is 0 Å². The summed E-state index contributed by atoms with van der Waals surface area (Å²) in [5.41, 5.74) is 0.641. The third-order valence-corrected chi connectivity index (χ3v) is 7.71. The monoisotopic (exact) mass is 395 g/mol. The van der Waals surface area contributed by atoms with Crippen LogP contribution in [0.25, 0.3) is 0 Å². The Balaban J connectivity index is 1.59. The van der Waals surface area contributed by atoms with Crippen LogP contribution in [0.3, 0.4) is 0 Å². The summed E-state index contributed by atoms with van der Waals surface area (Å²) in [5, 5.41) is 2.91. The first-order chi connectivity index (χ1) is 12.9. The summed E-state index contributed by atoms with van der Waals surface area (Å²) >= 11 is 0. The van der Waals surface area contributed by atoms with E-state index in [4.69, 9.17) is 4.74 Å². The second-order valence-corrected chi connectivity index (χ2v) is 9.21. The average Bonchev–Trinajstić information content (AvgIpc) is 2.68. The number of methoxy groups -OCH3 is 1. The van der Waals surface area contributed by atoms with Gasteiger partial charge in [-0.1, -0.05) is 18.6 Å². The van der Waals surface area contributed by atoms with Crippen molar-refractivity contribution in [1.29, 1.82) is 0 Å². The predicted molar refractivity (Wildman–Crippen MR) is 105 cm³/mol. The molecule has 2 heterocycles. The molecule has 0 aliphatic carbocycles. The molecule has 3 rings (SSSR count). The van der Waals surface area contributed by atoms with E-state index in [0.29, 0.717) is 43.9 Å². The first-order valence-corrected chi connectivity index (χ1v) is 11.0. The van der Waals surface area contributed by atoms with Gasteiger partial charge in [-0.05, 0) is 44.7 Å². The van der Waals surface area contributed by atoms with E-state index in [1.807, 2.05) is 19.1 Å². The van der Waals surface area contributed by atoms with Gasteiger partial charge in [-0.2, -0.15) is 17.0 Å². The molecule has 1 aromatic carbocycles. The average molecular weight is 396 g/mol. The van der Waals surface area contributed by atoms with Crippen molar-refractivity contribution in [3.8, 4) is 5.75 Å². The van der Waals surface area contributed by atoms with Gasteiger partial charge in [-0.3, -0.25) is 4.79 Å². The number of amides is 1. The Labute approximate surface area is 161 Å². The van der Waals surface area contributed by atoms with Crippen molar-refractivity contribution in [1.82, 2.24) is 8.61 Å². The van der Waals surface area contributed by atoms with Crippen molar-refractivity contribution in [2.24, 2.45) is 5.92 Å². The highest BCUT2D eigenvalue weighted by molar-refractivity contribution is 7.86. The van der Waals surface area contributed by atoms with Crippen molar-refractivity contribution in [3.05, 3.63) is 24.3 Å². The summed E-state index contributed by atoms with van der Waals surface area (Å²) in [6.45, 7) is 3.34. The van der Waals surface area contributed by atoms with Gasteiger partial charge in [0.25, 0.3) is 10.2 Å². The van der Waals surface area contributed by atoms with Crippen LogP contribution >= 0.6 is 0 Å². The summed E-state index contributed by atoms with van der Waals surface area (Å²) in [6.07, 6.45) is 3.97. The van der Waals surface area contributed by atoms with Crippen LogP contribution < -0.4 is 10.1 Å². The lowest BCUT2D eigenvalue weighted by Gasteiger charge is -2.38. The molecule has 0 aromatic heterocycles. The van der Waals surface area contributed by atoms with Gasteiger partial charge in [-0.25, -0.2) is 0 Å². The lowest BCUT2D eigenvalue weighted by atomic mass is 9.97. The first kappa shape index (κ1) is 20.1. The number of nitrogens with one attached hydrogen (secondary N) is 1. The van der Waals surface area contributed by atoms with Crippen LogP contribution in [0.5, 0.6) is 5.75 Å². The number of benzene rings is 1. The van der Waals surface area contributed by atoms with E-state index in [1.54, 1.807) is 27.9 Å². The zero-order valence-corrected chi connectivity index (χ0v) is 16.9. The number of nitrogens with zero attached hydrogens (tertiary/aromatic N) is 2. The summed E-state index contributed by atoms with van der Waals surface area (Å²) < 4.78 is 34.3. The van der Waals surface area contributed by atoms with Crippen molar-refractivity contribution < 1.29 is 17.9 Å². The van der Waals surface area contributed by atoms with E-state index >= 15 is 0 Å². The second kappa shape index (κ2) is 8.58. The summed E-state index contributed by atoms with van der Waals surface area (Å²) in [4.78, 5) is 12.6. The lowest BCUT2D eigenvalue weighted by molar-refractivity contribution is -0.120.